The topological polar surface area (TPSA) is 72.5 Å². The Kier molecular flexibility index (Phi) is 5.64. The number of sulfonamides is 1. The zero-order valence-electron chi connectivity index (χ0n) is 11.6. The van der Waals surface area contributed by atoms with E-state index in [2.05, 4.69) is 9.46 Å². The number of hydrogen-bond acceptors (Lipinski definition) is 4. The predicted molar refractivity (Wildman–Crippen MR) is 72.0 cm³/mol. The Labute approximate surface area is 118 Å². The second-order valence-corrected chi connectivity index (χ2v) is 6.44. The van der Waals surface area contributed by atoms with Crippen molar-refractivity contribution < 1.29 is 22.3 Å². The Bertz CT molecular complexity index is 571. The Morgan fingerprint density at radius 1 is 1.35 bits per heavy atom. The molecule has 5 nitrogen and oxygen atoms in total. The van der Waals surface area contributed by atoms with Crippen LogP contribution in [0.5, 0.6) is 0 Å². The van der Waals surface area contributed by atoms with Crippen molar-refractivity contribution in [3.8, 4) is 0 Å². The number of methoxy groups -OCH3 is 1. The Balaban J connectivity index is 3.03. The molecular formula is C13H18FNO4S. The maximum absolute atomic E-state index is 13.5. The van der Waals surface area contributed by atoms with E-state index in [-0.39, 0.29) is 12.3 Å². The third-order valence-corrected chi connectivity index (χ3v) is 4.12. The van der Waals surface area contributed by atoms with E-state index in [1.54, 1.807) is 0 Å². The summed E-state index contributed by atoms with van der Waals surface area (Å²) in [6.45, 7) is 3.68. The molecule has 0 spiro atoms. The first-order valence-corrected chi connectivity index (χ1v) is 7.61. The SMILES string of the molecule is COC(=O)[C@@H](CC(C)C)NS(=O)(=O)c1ccccc1F. The molecule has 0 amide bonds. The summed E-state index contributed by atoms with van der Waals surface area (Å²) < 4.78 is 44.5. The first-order valence-electron chi connectivity index (χ1n) is 6.12. The van der Waals surface area contributed by atoms with Gasteiger partial charge in [0.1, 0.15) is 16.8 Å². The molecule has 1 atom stereocenters. The largest absolute Gasteiger partial charge is 0.468 e. The lowest BCUT2D eigenvalue weighted by molar-refractivity contribution is -0.143. The summed E-state index contributed by atoms with van der Waals surface area (Å²) in [5.74, 6) is -1.49. The van der Waals surface area contributed by atoms with Crippen LogP contribution in [0.2, 0.25) is 0 Å². The molecule has 0 saturated heterocycles. The van der Waals surface area contributed by atoms with Gasteiger partial charge in [-0.2, -0.15) is 4.72 Å². The number of esters is 1. The average Bonchev–Trinajstić information content (AvgIpc) is 2.36. The van der Waals surface area contributed by atoms with Gasteiger partial charge in [-0.15, -0.1) is 0 Å². The van der Waals surface area contributed by atoms with Gasteiger partial charge in [0.15, 0.2) is 0 Å². The van der Waals surface area contributed by atoms with Gasteiger partial charge in [0, 0.05) is 0 Å². The fourth-order valence-electron chi connectivity index (χ4n) is 1.72. The molecular weight excluding hydrogens is 285 g/mol. The number of halogens is 1. The highest BCUT2D eigenvalue weighted by Crippen LogP contribution is 2.16. The average molecular weight is 303 g/mol. The molecule has 0 aromatic heterocycles. The summed E-state index contributed by atoms with van der Waals surface area (Å²) in [5, 5.41) is 0. The van der Waals surface area contributed by atoms with Crippen LogP contribution >= 0.6 is 0 Å². The van der Waals surface area contributed by atoms with E-state index in [1.807, 2.05) is 13.8 Å². The number of ether oxygens (including phenoxy) is 1. The molecule has 0 aliphatic carbocycles. The van der Waals surface area contributed by atoms with Crippen LogP contribution in [0.4, 0.5) is 4.39 Å². The van der Waals surface area contributed by atoms with Gasteiger partial charge in [0.25, 0.3) is 0 Å². The molecule has 0 bridgehead atoms. The molecule has 20 heavy (non-hydrogen) atoms. The molecule has 0 fully saturated rings. The molecule has 0 radical (unpaired) electrons. The van der Waals surface area contributed by atoms with Crippen molar-refractivity contribution in [3.63, 3.8) is 0 Å². The molecule has 0 heterocycles. The van der Waals surface area contributed by atoms with Crippen LogP contribution in [0.1, 0.15) is 20.3 Å². The first-order chi connectivity index (χ1) is 9.27. The Hall–Kier alpha value is -1.47. The van der Waals surface area contributed by atoms with E-state index in [1.165, 1.54) is 19.2 Å². The van der Waals surface area contributed by atoms with Crippen molar-refractivity contribution in [2.45, 2.75) is 31.2 Å². The third kappa shape index (κ3) is 4.28. The fraction of sp³-hybridized carbons (Fsp3) is 0.462. The minimum atomic E-state index is -4.12. The van der Waals surface area contributed by atoms with E-state index in [9.17, 15) is 17.6 Å². The Morgan fingerprint density at radius 3 is 2.45 bits per heavy atom. The number of carbonyl (C=O) groups is 1. The summed E-state index contributed by atoms with van der Waals surface area (Å²) in [4.78, 5) is 11.1. The molecule has 0 aliphatic heterocycles. The first kappa shape index (κ1) is 16.6. The van der Waals surface area contributed by atoms with Crippen LogP contribution in [0.3, 0.4) is 0 Å². The molecule has 0 unspecified atom stereocenters. The van der Waals surface area contributed by atoms with E-state index in [4.69, 9.17) is 0 Å². The summed E-state index contributed by atoms with van der Waals surface area (Å²) in [6, 6.07) is 3.95. The van der Waals surface area contributed by atoms with Crippen molar-refractivity contribution in [3.05, 3.63) is 30.1 Å². The molecule has 112 valence electrons. The molecule has 1 N–H and O–H groups in total. The number of rotatable bonds is 6. The Morgan fingerprint density at radius 2 is 1.95 bits per heavy atom. The lowest BCUT2D eigenvalue weighted by Gasteiger charge is -2.18. The van der Waals surface area contributed by atoms with Crippen molar-refractivity contribution in [2.75, 3.05) is 7.11 Å². The molecule has 1 aromatic carbocycles. The van der Waals surface area contributed by atoms with Gasteiger partial charge in [-0.1, -0.05) is 26.0 Å². The van der Waals surface area contributed by atoms with Gasteiger partial charge in [0.2, 0.25) is 10.0 Å². The zero-order valence-corrected chi connectivity index (χ0v) is 12.4. The summed E-state index contributed by atoms with van der Waals surface area (Å²) in [5.41, 5.74) is 0. The zero-order chi connectivity index (χ0) is 15.3. The lowest BCUT2D eigenvalue weighted by atomic mass is 10.1. The number of benzene rings is 1. The highest BCUT2D eigenvalue weighted by molar-refractivity contribution is 7.89. The summed E-state index contributed by atoms with van der Waals surface area (Å²) in [6.07, 6.45) is 0.264. The number of nitrogens with one attached hydrogen (secondary N) is 1. The van der Waals surface area contributed by atoms with Crippen LogP contribution < -0.4 is 4.72 Å². The highest BCUT2D eigenvalue weighted by atomic mass is 32.2. The monoisotopic (exact) mass is 303 g/mol. The second-order valence-electron chi connectivity index (χ2n) is 4.76. The van der Waals surface area contributed by atoms with Gasteiger partial charge in [-0.05, 0) is 24.5 Å². The van der Waals surface area contributed by atoms with Crippen LogP contribution in [-0.2, 0) is 19.6 Å². The smallest absolute Gasteiger partial charge is 0.323 e. The molecule has 0 saturated carbocycles. The second kappa shape index (κ2) is 6.81. The van der Waals surface area contributed by atoms with E-state index >= 15 is 0 Å². The van der Waals surface area contributed by atoms with Gasteiger partial charge in [0.05, 0.1) is 7.11 Å². The lowest BCUT2D eigenvalue weighted by Crippen LogP contribution is -2.42. The van der Waals surface area contributed by atoms with Crippen LogP contribution in [0.25, 0.3) is 0 Å². The predicted octanol–water partition coefficient (Wildman–Crippen LogP) is 1.69. The van der Waals surface area contributed by atoms with Crippen molar-refractivity contribution in [1.29, 1.82) is 0 Å². The summed E-state index contributed by atoms with van der Waals surface area (Å²) in [7, 11) is -2.94. The van der Waals surface area contributed by atoms with Crippen molar-refractivity contribution in [2.24, 2.45) is 5.92 Å². The van der Waals surface area contributed by atoms with Gasteiger partial charge >= 0.3 is 5.97 Å². The molecule has 0 aliphatic rings. The quantitative estimate of drug-likeness (QED) is 0.812. The van der Waals surface area contributed by atoms with E-state index in [0.29, 0.717) is 0 Å². The highest BCUT2D eigenvalue weighted by Gasteiger charge is 2.28. The third-order valence-electron chi connectivity index (χ3n) is 2.62. The summed E-state index contributed by atoms with van der Waals surface area (Å²) >= 11 is 0. The fourth-order valence-corrected chi connectivity index (χ4v) is 3.00. The molecule has 7 heteroatoms. The van der Waals surface area contributed by atoms with Gasteiger partial charge in [-0.25, -0.2) is 12.8 Å². The van der Waals surface area contributed by atoms with E-state index < -0.39 is 32.7 Å². The number of hydrogen-bond donors (Lipinski definition) is 1. The maximum atomic E-state index is 13.5. The molecule has 1 aromatic rings. The molecule has 1 rings (SSSR count). The van der Waals surface area contributed by atoms with Crippen LogP contribution in [0.15, 0.2) is 29.2 Å². The minimum Gasteiger partial charge on any atom is -0.468 e. The van der Waals surface area contributed by atoms with E-state index in [0.717, 1.165) is 12.1 Å². The van der Waals surface area contributed by atoms with Crippen molar-refractivity contribution in [1.82, 2.24) is 4.72 Å². The normalized spacial score (nSPS) is 13.2. The van der Waals surface area contributed by atoms with Gasteiger partial charge in [-0.3, -0.25) is 4.79 Å². The van der Waals surface area contributed by atoms with Crippen LogP contribution in [0, 0.1) is 11.7 Å². The van der Waals surface area contributed by atoms with Gasteiger partial charge < -0.3 is 4.74 Å². The standard InChI is InChI=1S/C13H18FNO4S/c1-9(2)8-11(13(16)19-3)15-20(17,18)12-7-5-4-6-10(12)14/h4-7,9,11,15H,8H2,1-3H3/t11-/m1/s1. The van der Waals surface area contributed by atoms with Crippen molar-refractivity contribution >= 4 is 16.0 Å². The van der Waals surface area contributed by atoms with Crippen LogP contribution in [-0.4, -0.2) is 27.5 Å². The minimum absolute atomic E-state index is 0.0717. The maximum Gasteiger partial charge on any atom is 0.323 e. The number of carbonyl (C=O) groups excluding carboxylic acids is 1.